The molecule has 2 aromatic carbocycles. The molecule has 1 nitrogen and oxygen atoms in total. The van der Waals surface area contributed by atoms with E-state index in [0.717, 1.165) is 5.92 Å². The quantitative estimate of drug-likeness (QED) is 0.792. The largest absolute Gasteiger partial charge is 0.372 e. The molecule has 0 unspecified atom stereocenters. The number of nitrogens with zero attached hydrogens (tertiary/aromatic N) is 1. The van der Waals surface area contributed by atoms with Gasteiger partial charge >= 0.3 is 0 Å². The van der Waals surface area contributed by atoms with Crippen molar-refractivity contribution in [3.05, 3.63) is 65.7 Å². The van der Waals surface area contributed by atoms with Crippen LogP contribution in [-0.4, -0.2) is 13.1 Å². The van der Waals surface area contributed by atoms with E-state index in [1.54, 1.807) is 0 Å². The third-order valence-corrected chi connectivity index (χ3v) is 4.38. The van der Waals surface area contributed by atoms with Crippen molar-refractivity contribution in [2.45, 2.75) is 26.2 Å². The summed E-state index contributed by atoms with van der Waals surface area (Å²) in [5.74, 6) is 0.846. The Morgan fingerprint density at radius 1 is 0.900 bits per heavy atom. The van der Waals surface area contributed by atoms with Gasteiger partial charge < -0.3 is 4.90 Å². The van der Waals surface area contributed by atoms with Gasteiger partial charge in [-0.05, 0) is 49.8 Å². The van der Waals surface area contributed by atoms with E-state index >= 15 is 0 Å². The number of anilines is 1. The summed E-state index contributed by atoms with van der Waals surface area (Å²) in [7, 11) is 0. The molecule has 1 saturated heterocycles. The maximum Gasteiger partial charge on any atom is 0.0366 e. The van der Waals surface area contributed by atoms with Crippen LogP contribution in [0.3, 0.4) is 0 Å². The molecule has 104 valence electrons. The normalized spacial score (nSPS) is 16.4. The molecule has 1 fully saturated rings. The van der Waals surface area contributed by atoms with Crippen molar-refractivity contribution in [3.8, 4) is 0 Å². The van der Waals surface area contributed by atoms with Crippen LogP contribution >= 0.6 is 0 Å². The van der Waals surface area contributed by atoms with Gasteiger partial charge in [0, 0.05) is 18.8 Å². The second kappa shape index (κ2) is 6.13. The van der Waals surface area contributed by atoms with Crippen LogP contribution in [0.15, 0.2) is 54.6 Å². The van der Waals surface area contributed by atoms with Gasteiger partial charge in [-0.1, -0.05) is 48.0 Å². The minimum Gasteiger partial charge on any atom is -0.372 e. The van der Waals surface area contributed by atoms with Gasteiger partial charge in [-0.15, -0.1) is 0 Å². The first-order chi connectivity index (χ1) is 9.81. The van der Waals surface area contributed by atoms with Crippen molar-refractivity contribution in [3.63, 3.8) is 0 Å². The van der Waals surface area contributed by atoms with Gasteiger partial charge in [0.1, 0.15) is 0 Å². The van der Waals surface area contributed by atoms with Gasteiger partial charge in [-0.3, -0.25) is 0 Å². The summed E-state index contributed by atoms with van der Waals surface area (Å²) in [6.07, 6.45) is 3.86. The lowest BCUT2D eigenvalue weighted by Crippen LogP contribution is -2.34. The average Bonchev–Trinajstić information content (AvgIpc) is 2.50. The fourth-order valence-corrected chi connectivity index (χ4v) is 3.10. The fourth-order valence-electron chi connectivity index (χ4n) is 3.10. The molecule has 0 aliphatic carbocycles. The van der Waals surface area contributed by atoms with Gasteiger partial charge in [0.05, 0.1) is 0 Å². The molecule has 0 saturated carbocycles. The summed E-state index contributed by atoms with van der Waals surface area (Å²) < 4.78 is 0. The highest BCUT2D eigenvalue weighted by Crippen LogP contribution is 2.25. The van der Waals surface area contributed by atoms with Gasteiger partial charge in [-0.2, -0.15) is 0 Å². The second-order valence-electron chi connectivity index (χ2n) is 5.96. The SMILES string of the molecule is Cc1ccc(N2CCC(Cc3ccccc3)CC2)cc1. The third-order valence-electron chi connectivity index (χ3n) is 4.38. The molecule has 1 aliphatic rings. The van der Waals surface area contributed by atoms with E-state index in [0.29, 0.717) is 0 Å². The molecule has 1 heteroatoms. The van der Waals surface area contributed by atoms with Crippen LogP contribution in [0.2, 0.25) is 0 Å². The van der Waals surface area contributed by atoms with Gasteiger partial charge in [0.2, 0.25) is 0 Å². The summed E-state index contributed by atoms with van der Waals surface area (Å²) in [5, 5.41) is 0. The van der Waals surface area contributed by atoms with Crippen LogP contribution in [0.1, 0.15) is 24.0 Å². The summed E-state index contributed by atoms with van der Waals surface area (Å²) in [4.78, 5) is 2.53. The zero-order chi connectivity index (χ0) is 13.8. The monoisotopic (exact) mass is 265 g/mol. The number of hydrogen-bond acceptors (Lipinski definition) is 1. The number of rotatable bonds is 3. The highest BCUT2D eigenvalue weighted by molar-refractivity contribution is 5.47. The summed E-state index contributed by atoms with van der Waals surface area (Å²) in [6, 6.07) is 19.9. The molecule has 3 rings (SSSR count). The van der Waals surface area contributed by atoms with Crippen molar-refractivity contribution in [2.75, 3.05) is 18.0 Å². The van der Waals surface area contributed by atoms with Gasteiger partial charge in [0.15, 0.2) is 0 Å². The van der Waals surface area contributed by atoms with Crippen LogP contribution in [0.5, 0.6) is 0 Å². The highest BCUT2D eigenvalue weighted by Gasteiger charge is 2.19. The van der Waals surface area contributed by atoms with Gasteiger partial charge in [-0.25, -0.2) is 0 Å². The molecule has 0 amide bonds. The van der Waals surface area contributed by atoms with Crippen molar-refractivity contribution >= 4 is 5.69 Å². The summed E-state index contributed by atoms with van der Waals surface area (Å²) >= 11 is 0. The number of piperidine rings is 1. The topological polar surface area (TPSA) is 3.24 Å². The van der Waals surface area contributed by atoms with E-state index < -0.39 is 0 Å². The fraction of sp³-hybridized carbons (Fsp3) is 0.368. The second-order valence-corrected chi connectivity index (χ2v) is 5.96. The Morgan fingerprint density at radius 2 is 1.55 bits per heavy atom. The first kappa shape index (κ1) is 13.2. The van der Waals surface area contributed by atoms with E-state index in [-0.39, 0.29) is 0 Å². The molecule has 1 heterocycles. The number of benzene rings is 2. The maximum absolute atomic E-state index is 2.53. The Labute approximate surface area is 122 Å². The molecular weight excluding hydrogens is 242 g/mol. The van der Waals surface area contributed by atoms with E-state index in [2.05, 4.69) is 66.4 Å². The highest BCUT2D eigenvalue weighted by atomic mass is 15.1. The Morgan fingerprint density at radius 3 is 2.20 bits per heavy atom. The maximum atomic E-state index is 2.53. The zero-order valence-corrected chi connectivity index (χ0v) is 12.3. The predicted molar refractivity (Wildman–Crippen MR) is 86.3 cm³/mol. The average molecular weight is 265 g/mol. The smallest absolute Gasteiger partial charge is 0.0366 e. The molecule has 0 bridgehead atoms. The van der Waals surface area contributed by atoms with E-state index in [1.165, 1.54) is 49.2 Å². The lowest BCUT2D eigenvalue weighted by Gasteiger charge is -2.33. The standard InChI is InChI=1S/C19H23N/c1-16-7-9-19(10-8-16)20-13-11-18(12-14-20)15-17-5-3-2-4-6-17/h2-10,18H,11-15H2,1H3. The molecule has 2 aromatic rings. The van der Waals surface area contributed by atoms with Crippen LogP contribution in [0, 0.1) is 12.8 Å². The van der Waals surface area contributed by atoms with Crippen molar-refractivity contribution in [1.82, 2.24) is 0 Å². The first-order valence-corrected chi connectivity index (χ1v) is 7.67. The summed E-state index contributed by atoms with van der Waals surface area (Å²) in [5.41, 5.74) is 4.21. The van der Waals surface area contributed by atoms with Crippen molar-refractivity contribution in [2.24, 2.45) is 5.92 Å². The molecule has 0 aromatic heterocycles. The molecule has 1 aliphatic heterocycles. The van der Waals surface area contributed by atoms with Crippen LogP contribution in [-0.2, 0) is 6.42 Å². The Hall–Kier alpha value is -1.76. The Kier molecular flexibility index (Phi) is 4.05. The predicted octanol–water partition coefficient (Wildman–Crippen LogP) is 4.45. The molecule has 0 atom stereocenters. The van der Waals surface area contributed by atoms with Crippen LogP contribution in [0.25, 0.3) is 0 Å². The summed E-state index contributed by atoms with van der Waals surface area (Å²) in [6.45, 7) is 4.54. The molecule has 0 radical (unpaired) electrons. The molecule has 0 spiro atoms. The van der Waals surface area contributed by atoms with E-state index in [4.69, 9.17) is 0 Å². The molecular formula is C19H23N. The van der Waals surface area contributed by atoms with Crippen LogP contribution < -0.4 is 4.90 Å². The number of hydrogen-bond donors (Lipinski definition) is 0. The van der Waals surface area contributed by atoms with E-state index in [1.807, 2.05) is 0 Å². The zero-order valence-electron chi connectivity index (χ0n) is 12.3. The number of aryl methyl sites for hydroxylation is 1. The van der Waals surface area contributed by atoms with Crippen LogP contribution in [0.4, 0.5) is 5.69 Å². The van der Waals surface area contributed by atoms with E-state index in [9.17, 15) is 0 Å². The first-order valence-electron chi connectivity index (χ1n) is 7.67. The van der Waals surface area contributed by atoms with Crippen molar-refractivity contribution < 1.29 is 0 Å². The molecule has 20 heavy (non-hydrogen) atoms. The third kappa shape index (κ3) is 3.22. The van der Waals surface area contributed by atoms with Gasteiger partial charge in [0.25, 0.3) is 0 Å². The Bertz CT molecular complexity index is 521. The minimum atomic E-state index is 0.846. The van der Waals surface area contributed by atoms with Crippen molar-refractivity contribution in [1.29, 1.82) is 0 Å². The Balaban J connectivity index is 1.55. The lowest BCUT2D eigenvalue weighted by molar-refractivity contribution is 0.404. The lowest BCUT2D eigenvalue weighted by atomic mass is 9.90. The minimum absolute atomic E-state index is 0.846. The molecule has 0 N–H and O–H groups in total.